The Morgan fingerprint density at radius 3 is 2.64 bits per heavy atom. The van der Waals surface area contributed by atoms with Crippen molar-refractivity contribution in [2.24, 2.45) is 0 Å². The number of rotatable bonds is 6. The summed E-state index contributed by atoms with van der Waals surface area (Å²) in [5, 5.41) is 15.7. The lowest BCUT2D eigenvalue weighted by Gasteiger charge is -2.14. The van der Waals surface area contributed by atoms with Crippen molar-refractivity contribution in [3.05, 3.63) is 59.1 Å². The predicted octanol–water partition coefficient (Wildman–Crippen LogP) is 3.37. The molecule has 1 atom stereocenters. The van der Waals surface area contributed by atoms with E-state index in [4.69, 9.17) is 16.3 Å². The molecule has 3 rings (SSSR count). The molecule has 0 aliphatic rings. The first-order valence-corrected chi connectivity index (χ1v) is 8.94. The van der Waals surface area contributed by atoms with Crippen molar-refractivity contribution in [1.82, 2.24) is 20.2 Å². The summed E-state index contributed by atoms with van der Waals surface area (Å²) in [6.07, 6.45) is 0.457. The predicted molar refractivity (Wildman–Crippen MR) is 104 cm³/mol. The molecule has 9 heteroatoms. The number of aromatic nitrogens is 4. The first kappa shape index (κ1) is 19.5. The van der Waals surface area contributed by atoms with Gasteiger partial charge in [0.15, 0.2) is 6.04 Å². The van der Waals surface area contributed by atoms with Crippen LogP contribution in [0.25, 0.3) is 11.4 Å². The van der Waals surface area contributed by atoms with Crippen molar-refractivity contribution in [3.63, 3.8) is 0 Å². The molecule has 1 heterocycles. The number of hydrogen-bond acceptors (Lipinski definition) is 6. The molecule has 0 spiro atoms. The lowest BCUT2D eigenvalue weighted by Crippen LogP contribution is -2.27. The molecule has 3 aromatic rings. The number of benzene rings is 2. The van der Waals surface area contributed by atoms with Crippen molar-refractivity contribution in [1.29, 1.82) is 0 Å². The Balaban J connectivity index is 1.77. The lowest BCUT2D eigenvalue weighted by atomic mass is 10.2. The number of amides is 1. The molecular weight excluding hydrogens is 382 g/mol. The molecule has 0 radical (unpaired) electrons. The van der Waals surface area contributed by atoms with Crippen LogP contribution in [0.3, 0.4) is 0 Å². The number of ether oxygens (including phenoxy) is 1. The van der Waals surface area contributed by atoms with E-state index in [9.17, 15) is 9.59 Å². The molecule has 2 aromatic carbocycles. The van der Waals surface area contributed by atoms with Crippen LogP contribution in [0.2, 0.25) is 5.02 Å². The molecule has 0 aliphatic heterocycles. The van der Waals surface area contributed by atoms with E-state index in [1.165, 1.54) is 11.9 Å². The second-order valence-corrected chi connectivity index (χ2v) is 6.36. The van der Waals surface area contributed by atoms with Gasteiger partial charge in [-0.1, -0.05) is 24.6 Å². The SMILES string of the molecule is CCC(C(=O)Nc1cccc(C(=O)OC)c1)n1nnc(-c2ccc(Cl)cc2)n1. The number of tetrazole rings is 1. The van der Waals surface area contributed by atoms with Crippen LogP contribution in [0.5, 0.6) is 0 Å². The fourth-order valence-corrected chi connectivity index (χ4v) is 2.72. The van der Waals surface area contributed by atoms with Gasteiger partial charge in [0.05, 0.1) is 12.7 Å². The van der Waals surface area contributed by atoms with Crippen LogP contribution in [0.4, 0.5) is 5.69 Å². The van der Waals surface area contributed by atoms with E-state index >= 15 is 0 Å². The molecule has 8 nitrogen and oxygen atoms in total. The highest BCUT2D eigenvalue weighted by Gasteiger charge is 2.22. The summed E-state index contributed by atoms with van der Waals surface area (Å²) >= 11 is 5.89. The highest BCUT2D eigenvalue weighted by Crippen LogP contribution is 2.20. The quantitative estimate of drug-likeness (QED) is 0.638. The highest BCUT2D eigenvalue weighted by molar-refractivity contribution is 6.30. The monoisotopic (exact) mass is 399 g/mol. The molecule has 0 fully saturated rings. The molecule has 0 aliphatic carbocycles. The van der Waals surface area contributed by atoms with Gasteiger partial charge in [-0.2, -0.15) is 4.80 Å². The van der Waals surface area contributed by atoms with Gasteiger partial charge in [-0.25, -0.2) is 4.79 Å². The maximum Gasteiger partial charge on any atom is 0.337 e. The molecule has 0 bridgehead atoms. The standard InChI is InChI=1S/C19H18ClN5O3/c1-3-16(18(26)21-15-6-4-5-13(11-15)19(27)28-2)25-23-17(22-24-25)12-7-9-14(20)10-8-12/h4-11,16H,3H2,1-2H3,(H,21,26). The molecule has 1 aromatic heterocycles. The minimum absolute atomic E-state index is 0.315. The topological polar surface area (TPSA) is 99.0 Å². The summed E-state index contributed by atoms with van der Waals surface area (Å²) in [5.74, 6) is -0.395. The number of esters is 1. The van der Waals surface area contributed by atoms with Crippen LogP contribution in [-0.2, 0) is 9.53 Å². The van der Waals surface area contributed by atoms with Crippen molar-refractivity contribution in [2.75, 3.05) is 12.4 Å². The van der Waals surface area contributed by atoms with Gasteiger partial charge in [0, 0.05) is 16.3 Å². The molecule has 0 saturated heterocycles. The van der Waals surface area contributed by atoms with E-state index in [0.29, 0.717) is 28.5 Å². The number of hydrogen-bond donors (Lipinski definition) is 1. The zero-order valence-corrected chi connectivity index (χ0v) is 16.1. The third kappa shape index (κ3) is 4.34. The Kier molecular flexibility index (Phi) is 6.00. The number of carbonyl (C=O) groups excluding carboxylic acids is 2. The molecule has 28 heavy (non-hydrogen) atoms. The minimum atomic E-state index is -0.657. The fourth-order valence-electron chi connectivity index (χ4n) is 2.59. The summed E-state index contributed by atoms with van der Waals surface area (Å²) < 4.78 is 4.69. The van der Waals surface area contributed by atoms with E-state index in [2.05, 4.69) is 20.7 Å². The summed E-state index contributed by atoms with van der Waals surface area (Å²) in [6.45, 7) is 1.85. The molecule has 144 valence electrons. The largest absolute Gasteiger partial charge is 0.465 e. The Labute approximate surface area is 166 Å². The third-order valence-corrected chi connectivity index (χ3v) is 4.30. The third-order valence-electron chi connectivity index (χ3n) is 4.05. The van der Waals surface area contributed by atoms with E-state index in [1.54, 1.807) is 48.5 Å². The van der Waals surface area contributed by atoms with E-state index in [-0.39, 0.29) is 5.91 Å². The summed E-state index contributed by atoms with van der Waals surface area (Å²) in [6, 6.07) is 12.9. The van der Waals surface area contributed by atoms with Crippen LogP contribution < -0.4 is 5.32 Å². The van der Waals surface area contributed by atoms with Gasteiger partial charge in [0.2, 0.25) is 5.82 Å². The fraction of sp³-hybridized carbons (Fsp3) is 0.211. The van der Waals surface area contributed by atoms with E-state index in [1.807, 2.05) is 6.92 Å². The first-order chi connectivity index (χ1) is 13.5. The van der Waals surface area contributed by atoms with Gasteiger partial charge in [0.25, 0.3) is 5.91 Å². The zero-order chi connectivity index (χ0) is 20.1. The summed E-state index contributed by atoms with van der Waals surface area (Å²) in [5.41, 5.74) is 1.57. The van der Waals surface area contributed by atoms with E-state index in [0.717, 1.165) is 5.56 Å². The van der Waals surface area contributed by atoms with E-state index < -0.39 is 12.0 Å². The lowest BCUT2D eigenvalue weighted by molar-refractivity contribution is -0.120. The molecule has 1 unspecified atom stereocenters. The van der Waals surface area contributed by atoms with Crippen molar-refractivity contribution < 1.29 is 14.3 Å². The Morgan fingerprint density at radius 2 is 1.96 bits per heavy atom. The average molecular weight is 400 g/mol. The van der Waals surface area contributed by atoms with Gasteiger partial charge in [-0.05, 0) is 54.1 Å². The van der Waals surface area contributed by atoms with Gasteiger partial charge in [0.1, 0.15) is 0 Å². The van der Waals surface area contributed by atoms with Crippen molar-refractivity contribution in [3.8, 4) is 11.4 Å². The number of halogens is 1. The van der Waals surface area contributed by atoms with Gasteiger partial charge in [-0.3, -0.25) is 4.79 Å². The highest BCUT2D eigenvalue weighted by atomic mass is 35.5. The number of nitrogens with one attached hydrogen (secondary N) is 1. The smallest absolute Gasteiger partial charge is 0.337 e. The van der Waals surface area contributed by atoms with Crippen LogP contribution >= 0.6 is 11.6 Å². The number of nitrogens with zero attached hydrogens (tertiary/aromatic N) is 4. The molecule has 1 N–H and O–H groups in total. The average Bonchev–Trinajstić information content (AvgIpc) is 3.18. The van der Waals surface area contributed by atoms with Gasteiger partial charge in [-0.15, -0.1) is 10.2 Å². The van der Waals surface area contributed by atoms with Gasteiger partial charge >= 0.3 is 5.97 Å². The Hall–Kier alpha value is -3.26. The van der Waals surface area contributed by atoms with Gasteiger partial charge < -0.3 is 10.1 Å². The number of carbonyl (C=O) groups is 2. The molecule has 1 amide bonds. The number of methoxy groups -OCH3 is 1. The van der Waals surface area contributed by atoms with Crippen LogP contribution in [0.15, 0.2) is 48.5 Å². The second-order valence-electron chi connectivity index (χ2n) is 5.93. The summed E-state index contributed by atoms with van der Waals surface area (Å²) in [4.78, 5) is 25.6. The normalized spacial score (nSPS) is 11.7. The van der Waals surface area contributed by atoms with Crippen LogP contribution in [0, 0.1) is 0 Å². The first-order valence-electron chi connectivity index (χ1n) is 8.56. The molecular formula is C19H18ClN5O3. The maximum absolute atomic E-state index is 12.7. The summed E-state index contributed by atoms with van der Waals surface area (Å²) in [7, 11) is 1.30. The van der Waals surface area contributed by atoms with Crippen molar-refractivity contribution >= 4 is 29.2 Å². The van der Waals surface area contributed by atoms with Crippen LogP contribution in [0.1, 0.15) is 29.7 Å². The van der Waals surface area contributed by atoms with Crippen LogP contribution in [-0.4, -0.2) is 39.2 Å². The minimum Gasteiger partial charge on any atom is -0.465 e. The maximum atomic E-state index is 12.7. The Bertz CT molecular complexity index is 987. The second kappa shape index (κ2) is 8.62. The number of anilines is 1. The van der Waals surface area contributed by atoms with Crippen molar-refractivity contribution in [2.45, 2.75) is 19.4 Å². The molecule has 0 saturated carbocycles. The Morgan fingerprint density at radius 1 is 1.21 bits per heavy atom. The zero-order valence-electron chi connectivity index (χ0n) is 15.3.